The highest BCUT2D eigenvalue weighted by Gasteiger charge is 2.35. The summed E-state index contributed by atoms with van der Waals surface area (Å²) in [4.78, 5) is 18.0. The maximum atomic E-state index is 13.2. The van der Waals surface area contributed by atoms with Gasteiger partial charge in [0.15, 0.2) is 0 Å². The van der Waals surface area contributed by atoms with Crippen LogP contribution < -0.4 is 5.32 Å². The Morgan fingerprint density at radius 2 is 1.87 bits per heavy atom. The van der Waals surface area contributed by atoms with E-state index in [1.54, 1.807) is 0 Å². The van der Waals surface area contributed by atoms with E-state index < -0.39 is 0 Å². The molecule has 0 spiro atoms. The number of hydrogen-bond donors (Lipinski definition) is 1. The van der Waals surface area contributed by atoms with Gasteiger partial charge in [0.25, 0.3) is 0 Å². The fourth-order valence-electron chi connectivity index (χ4n) is 4.16. The smallest absolute Gasteiger partial charge is 0.338 e. The van der Waals surface area contributed by atoms with Crippen molar-refractivity contribution in [1.82, 2.24) is 9.55 Å². The van der Waals surface area contributed by atoms with E-state index in [9.17, 15) is 4.79 Å². The van der Waals surface area contributed by atoms with E-state index in [-0.39, 0.29) is 12.0 Å². The lowest BCUT2D eigenvalue weighted by molar-refractivity contribution is -0.139. The van der Waals surface area contributed by atoms with E-state index >= 15 is 0 Å². The normalized spacial score (nSPS) is 16.0. The molecule has 5 nitrogen and oxygen atoms in total. The number of fused-ring (bicyclic) bond motifs is 3. The van der Waals surface area contributed by atoms with Crippen molar-refractivity contribution in [1.29, 1.82) is 0 Å². The molecule has 0 unspecified atom stereocenters. The summed E-state index contributed by atoms with van der Waals surface area (Å²) in [6, 6.07) is 16.3. The molecule has 0 saturated heterocycles. The predicted molar refractivity (Wildman–Crippen MR) is 121 cm³/mol. The molecule has 0 fully saturated rings. The van der Waals surface area contributed by atoms with Crippen molar-refractivity contribution < 1.29 is 9.53 Å². The van der Waals surface area contributed by atoms with Gasteiger partial charge < -0.3 is 10.1 Å². The second-order valence-electron chi connectivity index (χ2n) is 8.01. The number of nitrogens with zero attached hydrogens (tertiary/aromatic N) is 2. The molecule has 0 saturated carbocycles. The van der Waals surface area contributed by atoms with Crippen LogP contribution in [0.2, 0.25) is 0 Å². The number of anilines is 1. The number of aromatic nitrogens is 2. The molecule has 1 atom stereocenters. The van der Waals surface area contributed by atoms with Crippen molar-refractivity contribution in [3.05, 3.63) is 70.9 Å². The van der Waals surface area contributed by atoms with Crippen LogP contribution >= 0.6 is 0 Å². The number of carbonyl (C=O) groups is 1. The summed E-state index contributed by atoms with van der Waals surface area (Å²) < 4.78 is 7.63. The molecule has 1 aliphatic rings. The number of imidazole rings is 1. The maximum absolute atomic E-state index is 13.2. The molecule has 1 aromatic heterocycles. The van der Waals surface area contributed by atoms with Crippen LogP contribution in [0.25, 0.3) is 11.0 Å². The van der Waals surface area contributed by atoms with Crippen LogP contribution in [0.4, 0.5) is 5.95 Å². The molecule has 2 aromatic carbocycles. The predicted octanol–water partition coefficient (Wildman–Crippen LogP) is 5.79. The number of allylic oxidation sites excluding steroid dienone is 1. The number of rotatable bonds is 6. The second kappa shape index (κ2) is 8.34. The minimum Gasteiger partial charge on any atom is -0.463 e. The highest BCUT2D eigenvalue weighted by Crippen LogP contribution is 2.40. The third-order valence-electron chi connectivity index (χ3n) is 5.63. The lowest BCUT2D eigenvalue weighted by atomic mass is 9.91. The Bertz CT molecular complexity index is 1090. The van der Waals surface area contributed by atoms with Crippen LogP contribution in [0.15, 0.2) is 59.8 Å². The van der Waals surface area contributed by atoms with Crippen LogP contribution in [0.3, 0.4) is 0 Å². The minimum absolute atomic E-state index is 0.269. The van der Waals surface area contributed by atoms with Gasteiger partial charge in [-0.2, -0.15) is 0 Å². The van der Waals surface area contributed by atoms with Crippen LogP contribution in [-0.2, 0) is 9.53 Å². The molecular weight excluding hydrogens is 374 g/mol. The van der Waals surface area contributed by atoms with Crippen molar-refractivity contribution in [2.45, 2.75) is 52.5 Å². The third kappa shape index (κ3) is 3.49. The van der Waals surface area contributed by atoms with Gasteiger partial charge in [-0.3, -0.25) is 4.57 Å². The Morgan fingerprint density at radius 3 is 2.53 bits per heavy atom. The molecule has 0 radical (unpaired) electrons. The van der Waals surface area contributed by atoms with E-state index in [2.05, 4.69) is 61.0 Å². The summed E-state index contributed by atoms with van der Waals surface area (Å²) in [6.07, 6.45) is 1.68. The van der Waals surface area contributed by atoms with Crippen molar-refractivity contribution in [2.75, 3.05) is 11.9 Å². The Hall–Kier alpha value is -3.08. The monoisotopic (exact) mass is 403 g/mol. The lowest BCUT2D eigenvalue weighted by Crippen LogP contribution is -2.29. The maximum Gasteiger partial charge on any atom is 0.338 e. The van der Waals surface area contributed by atoms with Gasteiger partial charge in [-0.25, -0.2) is 9.78 Å². The summed E-state index contributed by atoms with van der Waals surface area (Å²) in [5.74, 6) is 0.952. The molecule has 0 bridgehead atoms. The van der Waals surface area contributed by atoms with E-state index in [1.807, 2.05) is 25.1 Å². The van der Waals surface area contributed by atoms with Crippen molar-refractivity contribution in [3.63, 3.8) is 0 Å². The van der Waals surface area contributed by atoms with Crippen LogP contribution in [0, 0.1) is 0 Å². The van der Waals surface area contributed by atoms with E-state index in [0.29, 0.717) is 18.1 Å². The van der Waals surface area contributed by atoms with Gasteiger partial charge in [0.2, 0.25) is 5.95 Å². The quantitative estimate of drug-likeness (QED) is 0.529. The molecule has 0 amide bonds. The number of carbonyl (C=O) groups excluding carboxylic acids is 1. The average molecular weight is 404 g/mol. The van der Waals surface area contributed by atoms with Gasteiger partial charge >= 0.3 is 5.97 Å². The molecule has 0 aliphatic carbocycles. The largest absolute Gasteiger partial charge is 0.463 e. The Kier molecular flexibility index (Phi) is 5.62. The van der Waals surface area contributed by atoms with E-state index in [4.69, 9.17) is 9.72 Å². The first-order valence-corrected chi connectivity index (χ1v) is 10.8. The number of ether oxygens (including phenoxy) is 1. The zero-order valence-corrected chi connectivity index (χ0v) is 18.1. The number of nitrogens with one attached hydrogen (secondary N) is 1. The lowest BCUT2D eigenvalue weighted by Gasteiger charge is -2.31. The molecule has 156 valence electrons. The zero-order valence-electron chi connectivity index (χ0n) is 18.1. The van der Waals surface area contributed by atoms with Crippen LogP contribution in [0.1, 0.15) is 63.6 Å². The Labute approximate surface area is 177 Å². The average Bonchev–Trinajstić information content (AvgIpc) is 3.11. The van der Waals surface area contributed by atoms with Crippen molar-refractivity contribution in [2.24, 2.45) is 0 Å². The molecular formula is C25H29N3O2. The molecule has 2 heterocycles. The highest BCUT2D eigenvalue weighted by atomic mass is 16.5. The summed E-state index contributed by atoms with van der Waals surface area (Å²) in [6.45, 7) is 8.67. The van der Waals surface area contributed by atoms with Gasteiger partial charge in [-0.15, -0.1) is 0 Å². The zero-order chi connectivity index (χ0) is 21.3. The summed E-state index contributed by atoms with van der Waals surface area (Å²) in [5, 5.41) is 3.44. The number of esters is 1. The SMILES string of the molecule is CCCC1=C(C(=O)OCC)[C@@H](c2ccc(C(C)C)cc2)n2c(nc3ccccc32)N1. The first-order valence-electron chi connectivity index (χ1n) is 10.8. The molecule has 30 heavy (non-hydrogen) atoms. The second-order valence-corrected chi connectivity index (χ2v) is 8.01. The summed E-state index contributed by atoms with van der Waals surface area (Å²) in [5.41, 5.74) is 5.81. The van der Waals surface area contributed by atoms with Gasteiger partial charge in [-0.1, -0.05) is 63.6 Å². The van der Waals surface area contributed by atoms with Gasteiger partial charge in [-0.05, 0) is 42.5 Å². The van der Waals surface area contributed by atoms with E-state index in [1.165, 1.54) is 5.56 Å². The van der Waals surface area contributed by atoms with Gasteiger partial charge in [0, 0.05) is 5.70 Å². The standard InChI is InChI=1S/C25H29N3O2/c1-5-9-20-22(24(29)30-6-2)23(18-14-12-17(13-15-18)16(3)4)28-21-11-8-7-10-19(21)26-25(28)27-20/h7-8,10-16,23H,5-6,9H2,1-4H3,(H,26,27)/t23-/m1/s1. The molecule has 4 rings (SSSR count). The fraction of sp³-hybridized carbons (Fsp3) is 0.360. The summed E-state index contributed by atoms with van der Waals surface area (Å²) in [7, 11) is 0. The first kappa shape index (κ1) is 20.2. The Balaban J connectivity index is 1.95. The summed E-state index contributed by atoms with van der Waals surface area (Å²) >= 11 is 0. The first-order chi connectivity index (χ1) is 14.5. The van der Waals surface area contributed by atoms with Crippen molar-refractivity contribution in [3.8, 4) is 0 Å². The molecule has 5 heteroatoms. The van der Waals surface area contributed by atoms with Crippen LogP contribution in [-0.4, -0.2) is 22.1 Å². The fourth-order valence-corrected chi connectivity index (χ4v) is 4.16. The van der Waals surface area contributed by atoms with Crippen LogP contribution in [0.5, 0.6) is 0 Å². The highest BCUT2D eigenvalue weighted by molar-refractivity contribution is 5.94. The topological polar surface area (TPSA) is 56.2 Å². The number of para-hydroxylation sites is 2. The molecule has 1 aliphatic heterocycles. The molecule has 3 aromatic rings. The molecule has 1 N–H and O–H groups in total. The van der Waals surface area contributed by atoms with E-state index in [0.717, 1.165) is 41.1 Å². The number of hydrogen-bond acceptors (Lipinski definition) is 4. The third-order valence-corrected chi connectivity index (χ3v) is 5.63. The minimum atomic E-state index is -0.282. The Morgan fingerprint density at radius 1 is 1.13 bits per heavy atom. The van der Waals surface area contributed by atoms with Gasteiger partial charge in [0.05, 0.1) is 29.3 Å². The van der Waals surface area contributed by atoms with Crippen molar-refractivity contribution >= 4 is 23.0 Å². The van der Waals surface area contributed by atoms with Gasteiger partial charge in [0.1, 0.15) is 0 Å². The number of benzene rings is 2.